The van der Waals surface area contributed by atoms with Gasteiger partial charge in [-0.25, -0.2) is 4.79 Å². The van der Waals surface area contributed by atoms with E-state index in [2.05, 4.69) is 22.8 Å². The van der Waals surface area contributed by atoms with Crippen LogP contribution in [0, 0.1) is 0 Å². The molecule has 0 saturated heterocycles. The van der Waals surface area contributed by atoms with Crippen LogP contribution in [-0.4, -0.2) is 24.6 Å². The van der Waals surface area contributed by atoms with Gasteiger partial charge in [0, 0.05) is 22.9 Å². The summed E-state index contributed by atoms with van der Waals surface area (Å²) in [5, 5.41) is 5.78. The maximum Gasteiger partial charge on any atom is 0.319 e. The molecule has 116 valence electrons. The largest absolute Gasteiger partial charge is 0.337 e. The Kier molecular flexibility index (Phi) is 7.19. The van der Waals surface area contributed by atoms with Crippen LogP contribution in [0.25, 0.3) is 0 Å². The van der Waals surface area contributed by atoms with Gasteiger partial charge < -0.3 is 10.6 Å². The van der Waals surface area contributed by atoms with Crippen LogP contribution in [-0.2, 0) is 5.75 Å². The highest BCUT2D eigenvalue weighted by atomic mass is 32.2. The molecule has 0 radical (unpaired) electrons. The number of anilines is 1. The molecule has 0 aliphatic rings. The van der Waals surface area contributed by atoms with E-state index in [-0.39, 0.29) is 6.03 Å². The molecule has 0 fully saturated rings. The number of rotatable bonds is 7. The van der Waals surface area contributed by atoms with Crippen LogP contribution in [0.1, 0.15) is 5.56 Å². The Hall–Kier alpha value is -1.59. The number of para-hydroxylation sites is 1. The van der Waals surface area contributed by atoms with Gasteiger partial charge in [0.25, 0.3) is 0 Å². The second kappa shape index (κ2) is 9.43. The first-order chi connectivity index (χ1) is 10.8. The first-order valence-electron chi connectivity index (χ1n) is 7.09. The summed E-state index contributed by atoms with van der Waals surface area (Å²) in [6.07, 6.45) is 2.00. The molecule has 2 N–H and O–H groups in total. The van der Waals surface area contributed by atoms with Crippen molar-refractivity contribution in [2.24, 2.45) is 0 Å². The third-order valence-electron chi connectivity index (χ3n) is 3.00. The maximum absolute atomic E-state index is 11.9. The average Bonchev–Trinajstić information content (AvgIpc) is 2.56. The molecule has 0 aliphatic heterocycles. The zero-order valence-corrected chi connectivity index (χ0v) is 14.2. The molecule has 0 bridgehead atoms. The Labute approximate surface area is 140 Å². The second-order valence-corrected chi connectivity index (χ2v) is 6.57. The summed E-state index contributed by atoms with van der Waals surface area (Å²) < 4.78 is 0. The molecular weight excluding hydrogens is 312 g/mol. The molecule has 0 atom stereocenters. The second-order valence-electron chi connectivity index (χ2n) is 4.62. The van der Waals surface area contributed by atoms with Gasteiger partial charge in [0.1, 0.15) is 0 Å². The first-order valence-corrected chi connectivity index (χ1v) is 9.47. The Balaban J connectivity index is 1.65. The van der Waals surface area contributed by atoms with Crippen molar-refractivity contribution in [2.75, 3.05) is 23.9 Å². The lowest BCUT2D eigenvalue weighted by molar-refractivity contribution is 0.252. The van der Waals surface area contributed by atoms with Crippen LogP contribution < -0.4 is 10.6 Å². The van der Waals surface area contributed by atoms with Crippen LogP contribution in [0.5, 0.6) is 0 Å². The van der Waals surface area contributed by atoms with E-state index in [1.807, 2.05) is 60.5 Å². The lowest BCUT2D eigenvalue weighted by atomic mass is 10.2. The number of carbonyl (C=O) groups excluding carboxylic acids is 1. The summed E-state index contributed by atoms with van der Waals surface area (Å²) in [4.78, 5) is 12.9. The molecule has 3 nitrogen and oxygen atoms in total. The number of thioether (sulfide) groups is 2. The zero-order chi connectivity index (χ0) is 15.6. The highest BCUT2D eigenvalue weighted by molar-refractivity contribution is 7.98. The summed E-state index contributed by atoms with van der Waals surface area (Å²) in [6, 6.07) is 18.0. The van der Waals surface area contributed by atoms with Crippen molar-refractivity contribution >= 4 is 35.2 Å². The van der Waals surface area contributed by atoms with E-state index in [0.29, 0.717) is 6.54 Å². The van der Waals surface area contributed by atoms with E-state index in [9.17, 15) is 4.79 Å². The van der Waals surface area contributed by atoms with Gasteiger partial charge in [-0.05, 0) is 24.0 Å². The molecule has 0 aromatic heterocycles. The number of hydrogen-bond acceptors (Lipinski definition) is 3. The van der Waals surface area contributed by atoms with E-state index < -0.39 is 0 Å². The fraction of sp³-hybridized carbons (Fsp3) is 0.235. The molecule has 0 heterocycles. The van der Waals surface area contributed by atoms with E-state index in [0.717, 1.165) is 22.1 Å². The Bertz CT molecular complexity index is 590. The smallest absolute Gasteiger partial charge is 0.319 e. The summed E-state index contributed by atoms with van der Waals surface area (Å²) in [7, 11) is 0. The van der Waals surface area contributed by atoms with Crippen LogP contribution in [0.4, 0.5) is 10.5 Å². The van der Waals surface area contributed by atoms with E-state index in [1.54, 1.807) is 11.8 Å². The average molecular weight is 332 g/mol. The fourth-order valence-electron chi connectivity index (χ4n) is 1.92. The minimum atomic E-state index is -0.151. The molecule has 0 spiro atoms. The zero-order valence-electron chi connectivity index (χ0n) is 12.5. The first kappa shape index (κ1) is 16.8. The van der Waals surface area contributed by atoms with Crippen LogP contribution in [0.15, 0.2) is 59.5 Å². The van der Waals surface area contributed by atoms with E-state index in [4.69, 9.17) is 0 Å². The number of benzene rings is 2. The molecule has 2 aromatic rings. The van der Waals surface area contributed by atoms with Gasteiger partial charge in [-0.2, -0.15) is 11.8 Å². The number of hydrogen-bond donors (Lipinski definition) is 2. The van der Waals surface area contributed by atoms with Gasteiger partial charge in [0.05, 0.1) is 5.69 Å². The van der Waals surface area contributed by atoms with Crippen molar-refractivity contribution in [1.29, 1.82) is 0 Å². The fourth-order valence-corrected chi connectivity index (χ4v) is 3.29. The molecule has 2 rings (SSSR count). The Morgan fingerprint density at radius 3 is 2.55 bits per heavy atom. The molecular formula is C17H20N2OS2. The molecule has 0 aliphatic carbocycles. The number of amides is 2. The van der Waals surface area contributed by atoms with Crippen LogP contribution in [0.3, 0.4) is 0 Å². The topological polar surface area (TPSA) is 41.1 Å². The van der Waals surface area contributed by atoms with Gasteiger partial charge in [0.15, 0.2) is 0 Å². The number of nitrogens with one attached hydrogen (secondary N) is 2. The van der Waals surface area contributed by atoms with Crippen molar-refractivity contribution in [3.8, 4) is 0 Å². The third-order valence-corrected chi connectivity index (χ3v) is 4.82. The maximum atomic E-state index is 11.9. The van der Waals surface area contributed by atoms with Gasteiger partial charge >= 0.3 is 6.03 Å². The van der Waals surface area contributed by atoms with Gasteiger partial charge in [-0.15, -0.1) is 11.8 Å². The quantitative estimate of drug-likeness (QED) is 0.581. The van der Waals surface area contributed by atoms with Crippen molar-refractivity contribution in [2.45, 2.75) is 10.6 Å². The molecule has 5 heteroatoms. The lowest BCUT2D eigenvalue weighted by Gasteiger charge is -2.10. The minimum Gasteiger partial charge on any atom is -0.337 e. The Morgan fingerprint density at radius 2 is 1.77 bits per heavy atom. The van der Waals surface area contributed by atoms with E-state index in [1.165, 1.54) is 5.56 Å². The van der Waals surface area contributed by atoms with Gasteiger partial charge in [-0.1, -0.05) is 42.5 Å². The highest BCUT2D eigenvalue weighted by Crippen LogP contribution is 2.24. The molecule has 22 heavy (non-hydrogen) atoms. The van der Waals surface area contributed by atoms with Crippen LogP contribution in [0.2, 0.25) is 0 Å². The van der Waals surface area contributed by atoms with Crippen molar-refractivity contribution < 1.29 is 4.79 Å². The monoisotopic (exact) mass is 332 g/mol. The summed E-state index contributed by atoms with van der Waals surface area (Å²) >= 11 is 3.44. The predicted octanol–water partition coefficient (Wildman–Crippen LogP) is 4.46. The molecule has 2 aromatic carbocycles. The van der Waals surface area contributed by atoms with Crippen molar-refractivity contribution in [3.63, 3.8) is 0 Å². The van der Waals surface area contributed by atoms with Crippen molar-refractivity contribution in [3.05, 3.63) is 60.2 Å². The van der Waals surface area contributed by atoms with Gasteiger partial charge in [0.2, 0.25) is 0 Å². The van der Waals surface area contributed by atoms with Crippen molar-refractivity contribution in [1.82, 2.24) is 5.32 Å². The summed E-state index contributed by atoms with van der Waals surface area (Å²) in [5.74, 6) is 1.87. The van der Waals surface area contributed by atoms with Crippen LogP contribution >= 0.6 is 23.5 Å². The highest BCUT2D eigenvalue weighted by Gasteiger charge is 2.04. The number of carbonyl (C=O) groups is 1. The summed E-state index contributed by atoms with van der Waals surface area (Å²) in [6.45, 7) is 0.658. The number of urea groups is 1. The van der Waals surface area contributed by atoms with E-state index >= 15 is 0 Å². The molecule has 0 saturated carbocycles. The predicted molar refractivity (Wildman–Crippen MR) is 97.8 cm³/mol. The molecule has 2 amide bonds. The lowest BCUT2D eigenvalue weighted by Crippen LogP contribution is -2.30. The minimum absolute atomic E-state index is 0.151. The normalized spacial score (nSPS) is 10.2. The third kappa shape index (κ3) is 5.66. The Morgan fingerprint density at radius 1 is 1.05 bits per heavy atom. The van der Waals surface area contributed by atoms with Gasteiger partial charge in [-0.3, -0.25) is 0 Å². The summed E-state index contributed by atoms with van der Waals surface area (Å²) in [5.41, 5.74) is 2.16. The molecule has 0 unspecified atom stereocenters. The SMILES string of the molecule is CSc1ccccc1NC(=O)NCCSCc1ccccc1. The standard InChI is InChI=1S/C17H20N2OS2/c1-21-16-10-6-5-9-15(16)19-17(20)18-11-12-22-13-14-7-3-2-4-8-14/h2-10H,11-13H2,1H3,(H2,18,19,20).